The number of carbonyl (C=O) groups is 2. The van der Waals surface area contributed by atoms with Gasteiger partial charge in [0.1, 0.15) is 6.61 Å². The fourth-order valence-electron chi connectivity index (χ4n) is 3.61. The van der Waals surface area contributed by atoms with Crippen LogP contribution >= 0.6 is 23.4 Å². The number of fused-ring (bicyclic) bond motifs is 1. The molecule has 0 radical (unpaired) electrons. The van der Waals surface area contributed by atoms with E-state index in [4.69, 9.17) is 21.1 Å². The van der Waals surface area contributed by atoms with Gasteiger partial charge >= 0.3 is 0 Å². The lowest BCUT2D eigenvalue weighted by molar-refractivity contribution is -0.123. The van der Waals surface area contributed by atoms with Gasteiger partial charge in [0.25, 0.3) is 11.1 Å². The zero-order chi connectivity index (χ0) is 22.8. The summed E-state index contributed by atoms with van der Waals surface area (Å²) >= 11 is 7.44. The van der Waals surface area contributed by atoms with E-state index in [1.165, 1.54) is 12.0 Å². The van der Waals surface area contributed by atoms with Crippen molar-refractivity contribution < 1.29 is 19.1 Å². The van der Waals surface area contributed by atoms with Crippen LogP contribution in [0.15, 0.2) is 59.5 Å². The van der Waals surface area contributed by atoms with Crippen molar-refractivity contribution in [3.8, 4) is 11.5 Å². The van der Waals surface area contributed by atoms with Gasteiger partial charge in [0, 0.05) is 6.04 Å². The minimum Gasteiger partial charge on any atom is -0.493 e. The van der Waals surface area contributed by atoms with E-state index in [0.717, 1.165) is 28.1 Å². The Balaban J connectivity index is 1.60. The maximum atomic E-state index is 12.6. The Morgan fingerprint density at radius 2 is 1.84 bits per heavy atom. The van der Waals surface area contributed by atoms with E-state index >= 15 is 0 Å². The number of nitrogens with zero attached hydrogens (tertiary/aromatic N) is 1. The number of thioether (sulfide) groups is 1. The van der Waals surface area contributed by atoms with Crippen LogP contribution in [0.2, 0.25) is 5.02 Å². The van der Waals surface area contributed by atoms with Crippen molar-refractivity contribution in [3.63, 3.8) is 0 Å². The first kappa shape index (κ1) is 22.2. The molecule has 32 heavy (non-hydrogen) atoms. The molecule has 1 heterocycles. The van der Waals surface area contributed by atoms with Crippen LogP contribution in [0.1, 0.15) is 25.0 Å². The Morgan fingerprint density at radius 3 is 2.56 bits per heavy atom. The molecule has 3 aromatic carbocycles. The lowest BCUT2D eigenvalue weighted by Crippen LogP contribution is -2.34. The summed E-state index contributed by atoms with van der Waals surface area (Å²) in [5, 5.41) is 2.34. The molecule has 1 aliphatic heterocycles. The summed E-state index contributed by atoms with van der Waals surface area (Å²) in [5.74, 6) is 0.572. The summed E-state index contributed by atoms with van der Waals surface area (Å²) in [6.07, 6.45) is 1.65. The Hall–Kier alpha value is -2.96. The smallest absolute Gasteiger partial charge is 0.293 e. The number of benzene rings is 3. The predicted molar refractivity (Wildman–Crippen MR) is 129 cm³/mol. The summed E-state index contributed by atoms with van der Waals surface area (Å²) in [6.45, 7) is 3.94. The van der Waals surface area contributed by atoms with E-state index in [0.29, 0.717) is 33.6 Å². The van der Waals surface area contributed by atoms with Crippen LogP contribution in [-0.4, -0.2) is 29.2 Å². The quantitative estimate of drug-likeness (QED) is 0.386. The third-order valence-electron chi connectivity index (χ3n) is 5.14. The zero-order valence-electron chi connectivity index (χ0n) is 17.9. The number of imide groups is 1. The van der Waals surface area contributed by atoms with E-state index < -0.39 is 0 Å². The van der Waals surface area contributed by atoms with Crippen LogP contribution in [0.25, 0.3) is 16.8 Å². The average Bonchev–Trinajstić information content (AvgIpc) is 3.05. The van der Waals surface area contributed by atoms with Crippen molar-refractivity contribution in [2.45, 2.75) is 26.5 Å². The van der Waals surface area contributed by atoms with Crippen LogP contribution in [0, 0.1) is 0 Å². The van der Waals surface area contributed by atoms with Gasteiger partial charge in [-0.15, -0.1) is 0 Å². The third kappa shape index (κ3) is 4.33. The molecule has 0 atom stereocenters. The number of amides is 2. The summed E-state index contributed by atoms with van der Waals surface area (Å²) in [6, 6.07) is 17.4. The Labute approximate surface area is 195 Å². The molecule has 3 aromatic rings. The van der Waals surface area contributed by atoms with Crippen molar-refractivity contribution >= 4 is 51.4 Å². The van der Waals surface area contributed by atoms with Crippen molar-refractivity contribution in [3.05, 3.63) is 75.7 Å². The molecule has 0 aliphatic carbocycles. The van der Waals surface area contributed by atoms with Crippen molar-refractivity contribution in [2.24, 2.45) is 0 Å². The monoisotopic (exact) mass is 467 g/mol. The lowest BCUT2D eigenvalue weighted by atomic mass is 10.1. The van der Waals surface area contributed by atoms with Gasteiger partial charge in [-0.25, -0.2) is 0 Å². The summed E-state index contributed by atoms with van der Waals surface area (Å²) < 4.78 is 11.6. The number of halogens is 1. The largest absolute Gasteiger partial charge is 0.493 e. The maximum Gasteiger partial charge on any atom is 0.293 e. The number of ether oxygens (including phenoxy) is 2. The molecule has 0 saturated carbocycles. The van der Waals surface area contributed by atoms with Crippen LogP contribution in [0.4, 0.5) is 4.79 Å². The first-order chi connectivity index (χ1) is 15.4. The van der Waals surface area contributed by atoms with E-state index in [2.05, 4.69) is 18.2 Å². The molecule has 1 fully saturated rings. The molecule has 4 rings (SSSR count). The Bertz CT molecular complexity index is 1230. The standard InChI is InChI=1S/C25H22ClNO4S/c1-15(2)27-24(28)22(32-25(27)29)13-16-11-20(26)23(21(12-16)30-3)31-14-18-9-6-8-17-7-4-5-10-19(17)18/h4-13,15H,14H2,1-3H3/b22-13+. The second-order valence-electron chi connectivity index (χ2n) is 7.61. The molecule has 1 aliphatic rings. The molecule has 2 amide bonds. The summed E-state index contributed by atoms with van der Waals surface area (Å²) in [7, 11) is 1.53. The SMILES string of the molecule is COc1cc(/C=C2/SC(=O)N(C(C)C)C2=O)cc(Cl)c1OCc1cccc2ccccc12. The predicted octanol–water partition coefficient (Wildman–Crippen LogP) is 6.53. The Kier molecular flexibility index (Phi) is 6.44. The van der Waals surface area contributed by atoms with E-state index in [1.807, 2.05) is 24.3 Å². The first-order valence-corrected chi connectivity index (χ1v) is 11.3. The molecule has 5 nitrogen and oxygen atoms in total. The highest BCUT2D eigenvalue weighted by molar-refractivity contribution is 8.18. The third-order valence-corrected chi connectivity index (χ3v) is 6.31. The number of methoxy groups -OCH3 is 1. The molecular weight excluding hydrogens is 446 g/mol. The number of rotatable bonds is 6. The van der Waals surface area contributed by atoms with Gasteiger partial charge in [-0.1, -0.05) is 54.1 Å². The summed E-state index contributed by atoms with van der Waals surface area (Å²) in [5.41, 5.74) is 1.69. The fourth-order valence-corrected chi connectivity index (χ4v) is 4.84. The highest BCUT2D eigenvalue weighted by atomic mass is 35.5. The van der Waals surface area contributed by atoms with Crippen LogP contribution in [0.5, 0.6) is 11.5 Å². The fraction of sp³-hybridized carbons (Fsp3) is 0.200. The zero-order valence-corrected chi connectivity index (χ0v) is 19.5. The molecule has 0 unspecified atom stereocenters. The molecule has 1 saturated heterocycles. The van der Waals surface area contributed by atoms with Gasteiger partial charge in [0.2, 0.25) is 0 Å². The Morgan fingerprint density at radius 1 is 1.09 bits per heavy atom. The molecule has 0 N–H and O–H groups in total. The van der Waals surface area contributed by atoms with Crippen molar-refractivity contribution in [1.29, 1.82) is 0 Å². The van der Waals surface area contributed by atoms with Gasteiger partial charge in [-0.05, 0) is 65.7 Å². The molecule has 0 aromatic heterocycles. The molecular formula is C25H22ClNO4S. The maximum absolute atomic E-state index is 12.6. The van der Waals surface area contributed by atoms with E-state index in [9.17, 15) is 9.59 Å². The molecule has 164 valence electrons. The van der Waals surface area contributed by atoms with Crippen LogP contribution in [0.3, 0.4) is 0 Å². The van der Waals surface area contributed by atoms with E-state index in [-0.39, 0.29) is 17.2 Å². The average molecular weight is 468 g/mol. The number of hydrogen-bond acceptors (Lipinski definition) is 5. The van der Waals surface area contributed by atoms with Gasteiger partial charge in [0.15, 0.2) is 11.5 Å². The van der Waals surface area contributed by atoms with Gasteiger partial charge < -0.3 is 9.47 Å². The number of hydrogen-bond donors (Lipinski definition) is 0. The minimum absolute atomic E-state index is 0.198. The highest BCUT2D eigenvalue weighted by Gasteiger charge is 2.36. The molecule has 0 bridgehead atoms. The van der Waals surface area contributed by atoms with Crippen LogP contribution < -0.4 is 9.47 Å². The van der Waals surface area contributed by atoms with Gasteiger partial charge in [-0.2, -0.15) is 0 Å². The van der Waals surface area contributed by atoms with Gasteiger partial charge in [0.05, 0.1) is 17.0 Å². The number of carbonyl (C=O) groups excluding carboxylic acids is 2. The second-order valence-corrected chi connectivity index (χ2v) is 9.01. The minimum atomic E-state index is -0.304. The highest BCUT2D eigenvalue weighted by Crippen LogP contribution is 2.40. The van der Waals surface area contributed by atoms with E-state index in [1.54, 1.807) is 32.1 Å². The summed E-state index contributed by atoms with van der Waals surface area (Å²) in [4.78, 5) is 26.3. The van der Waals surface area contributed by atoms with Gasteiger partial charge in [-0.3, -0.25) is 14.5 Å². The molecule has 0 spiro atoms. The first-order valence-electron chi connectivity index (χ1n) is 10.1. The lowest BCUT2D eigenvalue weighted by Gasteiger charge is -2.16. The normalized spacial score (nSPS) is 15.3. The van der Waals surface area contributed by atoms with Crippen molar-refractivity contribution in [1.82, 2.24) is 4.90 Å². The topological polar surface area (TPSA) is 55.8 Å². The van der Waals surface area contributed by atoms with Crippen molar-refractivity contribution in [2.75, 3.05) is 7.11 Å². The van der Waals surface area contributed by atoms with Crippen LogP contribution in [-0.2, 0) is 11.4 Å². The second kappa shape index (κ2) is 9.27. The molecule has 7 heteroatoms.